The molecule has 138 valence electrons. The highest BCUT2D eigenvalue weighted by Gasteiger charge is 2.29. The van der Waals surface area contributed by atoms with Gasteiger partial charge in [0.15, 0.2) is 0 Å². The third-order valence-electron chi connectivity index (χ3n) is 5.99. The van der Waals surface area contributed by atoms with E-state index in [2.05, 4.69) is 22.5 Å². The predicted molar refractivity (Wildman–Crippen MR) is 95.2 cm³/mol. The van der Waals surface area contributed by atoms with Crippen LogP contribution in [0.15, 0.2) is 0 Å². The summed E-state index contributed by atoms with van der Waals surface area (Å²) < 4.78 is 5.44. The fraction of sp³-hybridized carbons (Fsp3) is 0.944. The number of amides is 2. The van der Waals surface area contributed by atoms with Crippen LogP contribution in [0.2, 0.25) is 0 Å². The van der Waals surface area contributed by atoms with Crippen molar-refractivity contribution in [3.8, 4) is 0 Å². The second-order valence-electron chi connectivity index (χ2n) is 8.06. The highest BCUT2D eigenvalue weighted by Crippen LogP contribution is 2.26. The lowest BCUT2D eigenvalue weighted by atomic mass is 9.81. The Morgan fingerprint density at radius 3 is 2.50 bits per heavy atom. The van der Waals surface area contributed by atoms with Crippen LogP contribution in [0.5, 0.6) is 0 Å². The molecule has 0 saturated carbocycles. The molecule has 0 bridgehead atoms. The van der Waals surface area contributed by atoms with E-state index in [1.54, 1.807) is 0 Å². The molecular formula is C18H34N4O2. The molecule has 2 N–H and O–H groups in total. The van der Waals surface area contributed by atoms with Crippen LogP contribution in [0.25, 0.3) is 0 Å². The summed E-state index contributed by atoms with van der Waals surface area (Å²) in [7, 11) is 0. The zero-order chi connectivity index (χ0) is 16.8. The maximum absolute atomic E-state index is 12.4. The largest absolute Gasteiger partial charge is 0.381 e. The third-order valence-corrected chi connectivity index (χ3v) is 5.99. The van der Waals surface area contributed by atoms with Crippen molar-refractivity contribution in [2.75, 3.05) is 65.6 Å². The average molecular weight is 338 g/mol. The molecule has 3 aliphatic rings. The van der Waals surface area contributed by atoms with Crippen molar-refractivity contribution in [3.63, 3.8) is 0 Å². The van der Waals surface area contributed by atoms with Crippen LogP contribution in [-0.2, 0) is 4.74 Å². The van der Waals surface area contributed by atoms with E-state index in [1.165, 1.54) is 19.4 Å². The third kappa shape index (κ3) is 5.07. The minimum absolute atomic E-state index is 0.125. The maximum Gasteiger partial charge on any atom is 0.317 e. The summed E-state index contributed by atoms with van der Waals surface area (Å²) in [6, 6.07) is 0.125. The first kappa shape index (κ1) is 18.0. The summed E-state index contributed by atoms with van der Waals surface area (Å²) >= 11 is 0. The summed E-state index contributed by atoms with van der Waals surface area (Å²) in [6.07, 6.45) is 4.67. The zero-order valence-corrected chi connectivity index (χ0v) is 15.2. The molecule has 6 nitrogen and oxygen atoms in total. The van der Waals surface area contributed by atoms with E-state index in [0.717, 1.165) is 77.8 Å². The molecule has 3 aliphatic heterocycles. The van der Waals surface area contributed by atoms with Crippen molar-refractivity contribution in [3.05, 3.63) is 0 Å². The van der Waals surface area contributed by atoms with Crippen molar-refractivity contribution < 1.29 is 9.53 Å². The second-order valence-corrected chi connectivity index (χ2v) is 8.06. The van der Waals surface area contributed by atoms with Crippen molar-refractivity contribution in [2.45, 2.75) is 32.6 Å². The number of rotatable bonds is 4. The highest BCUT2D eigenvalue weighted by atomic mass is 16.5. The monoisotopic (exact) mass is 338 g/mol. The normalized spacial score (nSPS) is 26.3. The van der Waals surface area contributed by atoms with Gasteiger partial charge in [-0.2, -0.15) is 0 Å². The summed E-state index contributed by atoms with van der Waals surface area (Å²) in [6.45, 7) is 12.0. The molecule has 0 unspecified atom stereocenters. The minimum atomic E-state index is 0.125. The van der Waals surface area contributed by atoms with Crippen LogP contribution in [0.3, 0.4) is 0 Å². The van der Waals surface area contributed by atoms with E-state index in [-0.39, 0.29) is 11.4 Å². The Balaban J connectivity index is 1.35. The summed E-state index contributed by atoms with van der Waals surface area (Å²) in [5.74, 6) is 0.777. The molecule has 2 amide bonds. The van der Waals surface area contributed by atoms with Crippen molar-refractivity contribution in [2.24, 2.45) is 11.3 Å². The highest BCUT2D eigenvalue weighted by molar-refractivity contribution is 5.74. The van der Waals surface area contributed by atoms with Gasteiger partial charge in [-0.3, -0.25) is 4.90 Å². The molecule has 3 heterocycles. The molecule has 0 aromatic heterocycles. The Labute approximate surface area is 146 Å². The molecule has 0 aromatic rings. The van der Waals surface area contributed by atoms with Gasteiger partial charge in [0.2, 0.25) is 0 Å². The fourth-order valence-corrected chi connectivity index (χ4v) is 4.04. The minimum Gasteiger partial charge on any atom is -0.381 e. The van der Waals surface area contributed by atoms with Gasteiger partial charge < -0.3 is 20.3 Å². The number of ether oxygens (including phenoxy) is 1. The molecule has 3 rings (SSSR count). The molecular weight excluding hydrogens is 304 g/mol. The zero-order valence-electron chi connectivity index (χ0n) is 15.2. The van der Waals surface area contributed by atoms with Crippen LogP contribution < -0.4 is 10.6 Å². The number of hydrogen-bond donors (Lipinski definition) is 2. The number of carbonyl (C=O) groups is 1. The molecule has 0 spiro atoms. The molecule has 6 heteroatoms. The Hall–Kier alpha value is -0.850. The quantitative estimate of drug-likeness (QED) is 0.807. The first-order chi connectivity index (χ1) is 11.6. The van der Waals surface area contributed by atoms with E-state index in [0.29, 0.717) is 0 Å². The molecule has 3 fully saturated rings. The van der Waals surface area contributed by atoms with E-state index < -0.39 is 0 Å². The molecule has 0 atom stereocenters. The predicted octanol–water partition coefficient (Wildman–Crippen LogP) is 1.13. The van der Waals surface area contributed by atoms with Gasteiger partial charge in [-0.1, -0.05) is 6.92 Å². The molecule has 0 aromatic carbocycles. The molecule has 0 aliphatic carbocycles. The van der Waals surface area contributed by atoms with Crippen LogP contribution in [0.4, 0.5) is 4.79 Å². The topological polar surface area (TPSA) is 56.8 Å². The Bertz CT molecular complexity index is 398. The van der Waals surface area contributed by atoms with E-state index in [9.17, 15) is 4.79 Å². The van der Waals surface area contributed by atoms with Gasteiger partial charge in [0.1, 0.15) is 0 Å². The van der Waals surface area contributed by atoms with Crippen LogP contribution in [0.1, 0.15) is 32.6 Å². The van der Waals surface area contributed by atoms with Gasteiger partial charge >= 0.3 is 6.03 Å². The average Bonchev–Trinajstić information content (AvgIpc) is 2.62. The van der Waals surface area contributed by atoms with Crippen molar-refractivity contribution in [1.82, 2.24) is 20.4 Å². The number of urea groups is 1. The number of nitrogens with zero attached hydrogens (tertiary/aromatic N) is 2. The van der Waals surface area contributed by atoms with E-state index in [1.807, 2.05) is 4.90 Å². The smallest absolute Gasteiger partial charge is 0.317 e. The maximum atomic E-state index is 12.4. The first-order valence-electron chi connectivity index (χ1n) is 9.68. The van der Waals surface area contributed by atoms with Gasteiger partial charge in [-0.15, -0.1) is 0 Å². The second kappa shape index (κ2) is 8.50. The summed E-state index contributed by atoms with van der Waals surface area (Å²) in [5, 5.41) is 6.58. The van der Waals surface area contributed by atoms with Gasteiger partial charge in [0.05, 0.1) is 0 Å². The van der Waals surface area contributed by atoms with Crippen molar-refractivity contribution in [1.29, 1.82) is 0 Å². The van der Waals surface area contributed by atoms with Crippen LogP contribution in [0, 0.1) is 11.3 Å². The Morgan fingerprint density at radius 1 is 1.17 bits per heavy atom. The van der Waals surface area contributed by atoms with E-state index in [4.69, 9.17) is 4.74 Å². The van der Waals surface area contributed by atoms with Crippen LogP contribution in [-0.4, -0.2) is 81.4 Å². The summed E-state index contributed by atoms with van der Waals surface area (Å²) in [5.41, 5.74) is 0.256. The van der Waals surface area contributed by atoms with Crippen molar-refractivity contribution >= 4 is 6.03 Å². The first-order valence-corrected chi connectivity index (χ1v) is 9.68. The molecule has 0 radical (unpaired) electrons. The van der Waals surface area contributed by atoms with Gasteiger partial charge in [0.25, 0.3) is 0 Å². The number of hydrogen-bond acceptors (Lipinski definition) is 4. The van der Waals surface area contributed by atoms with Gasteiger partial charge in [0, 0.05) is 52.5 Å². The fourth-order valence-electron chi connectivity index (χ4n) is 4.04. The Morgan fingerprint density at radius 2 is 1.83 bits per heavy atom. The number of carbonyl (C=O) groups excluding carboxylic acids is 1. The number of nitrogens with one attached hydrogen (secondary N) is 2. The lowest BCUT2D eigenvalue weighted by Gasteiger charge is -2.38. The lowest BCUT2D eigenvalue weighted by molar-refractivity contribution is 0.0451. The van der Waals surface area contributed by atoms with Crippen LogP contribution >= 0.6 is 0 Å². The van der Waals surface area contributed by atoms with Gasteiger partial charge in [-0.25, -0.2) is 4.79 Å². The standard InChI is InChI=1S/C18H34N4O2/c1-18(4-6-19-7-5-18)15-20-17(23)22-10-8-21(9-11-22)14-16-2-12-24-13-3-16/h16,19H,2-15H2,1H3,(H,20,23). The lowest BCUT2D eigenvalue weighted by Crippen LogP contribution is -2.54. The Kier molecular flexibility index (Phi) is 6.36. The molecule has 24 heavy (non-hydrogen) atoms. The number of piperidine rings is 1. The van der Waals surface area contributed by atoms with E-state index >= 15 is 0 Å². The summed E-state index contributed by atoms with van der Waals surface area (Å²) in [4.78, 5) is 17.0. The van der Waals surface area contributed by atoms with Gasteiger partial charge in [-0.05, 0) is 50.1 Å². The number of piperazine rings is 1. The SMILES string of the molecule is CC1(CNC(=O)N2CCN(CC3CCOCC3)CC2)CCNCC1. The molecule has 3 saturated heterocycles.